The molecule has 2 saturated carbocycles. The van der Waals surface area contributed by atoms with Crippen LogP contribution in [0.15, 0.2) is 47.2 Å². The van der Waals surface area contributed by atoms with E-state index in [0.29, 0.717) is 12.3 Å². The average Bonchev–Trinajstić information content (AvgIpc) is 3.64. The fraction of sp³-hybridized carbons (Fsp3) is 0.417. The summed E-state index contributed by atoms with van der Waals surface area (Å²) in [5.74, 6) is 9.44. The molecule has 2 atom stereocenters. The molecule has 0 spiro atoms. The van der Waals surface area contributed by atoms with Crippen LogP contribution in [0.3, 0.4) is 0 Å². The lowest BCUT2D eigenvalue weighted by Gasteiger charge is -2.02. The molecule has 2 aromatic heterocycles. The molecule has 0 aliphatic heterocycles. The minimum absolute atomic E-state index is 0.593. The highest BCUT2D eigenvalue weighted by Gasteiger charge is 2.38. The van der Waals surface area contributed by atoms with E-state index in [9.17, 15) is 0 Å². The SMILES string of the molecule is CCc1nccn1Cc1cc(C#Cc2ccc(C3CC3CNC3CC3)cc2)on1. The molecule has 0 bridgehead atoms. The van der Waals surface area contributed by atoms with Crippen molar-refractivity contribution in [2.75, 3.05) is 6.54 Å². The van der Waals surface area contributed by atoms with Crippen molar-refractivity contribution in [1.82, 2.24) is 20.0 Å². The number of aryl methyl sites for hydroxylation is 1. The lowest BCUT2D eigenvalue weighted by atomic mass is 10.1. The third-order valence-electron chi connectivity index (χ3n) is 5.85. The number of hydrogen-bond acceptors (Lipinski definition) is 4. The third kappa shape index (κ3) is 4.44. The molecular weight excluding hydrogens is 360 g/mol. The second kappa shape index (κ2) is 7.88. The monoisotopic (exact) mass is 386 g/mol. The number of rotatable bonds is 7. The van der Waals surface area contributed by atoms with Crippen molar-refractivity contribution in [1.29, 1.82) is 0 Å². The van der Waals surface area contributed by atoms with Gasteiger partial charge in [0.1, 0.15) is 11.5 Å². The lowest BCUT2D eigenvalue weighted by molar-refractivity contribution is 0.401. The van der Waals surface area contributed by atoms with E-state index in [2.05, 4.69) is 63.1 Å². The smallest absolute Gasteiger partial charge is 0.210 e. The van der Waals surface area contributed by atoms with E-state index in [1.54, 1.807) is 0 Å². The topological polar surface area (TPSA) is 55.9 Å². The van der Waals surface area contributed by atoms with Gasteiger partial charge in [-0.15, -0.1) is 0 Å². The number of hydrogen-bond donors (Lipinski definition) is 1. The van der Waals surface area contributed by atoms with Crippen LogP contribution in [-0.2, 0) is 13.0 Å². The average molecular weight is 386 g/mol. The lowest BCUT2D eigenvalue weighted by Crippen LogP contribution is -2.19. The summed E-state index contributed by atoms with van der Waals surface area (Å²) in [4.78, 5) is 4.34. The second-order valence-corrected chi connectivity index (χ2v) is 8.16. The summed E-state index contributed by atoms with van der Waals surface area (Å²) in [5, 5.41) is 7.78. The molecule has 29 heavy (non-hydrogen) atoms. The predicted octanol–water partition coefficient (Wildman–Crippen LogP) is 3.74. The van der Waals surface area contributed by atoms with E-state index in [1.807, 2.05) is 18.5 Å². The predicted molar refractivity (Wildman–Crippen MR) is 112 cm³/mol. The maximum Gasteiger partial charge on any atom is 0.210 e. The molecule has 2 aliphatic rings. The molecule has 1 N–H and O–H groups in total. The van der Waals surface area contributed by atoms with Crippen molar-refractivity contribution in [3.63, 3.8) is 0 Å². The first-order valence-electron chi connectivity index (χ1n) is 10.6. The van der Waals surface area contributed by atoms with Gasteiger partial charge in [0.05, 0.1) is 6.54 Å². The zero-order valence-electron chi connectivity index (χ0n) is 16.8. The summed E-state index contributed by atoms with van der Waals surface area (Å²) in [5.41, 5.74) is 3.30. The number of imidazole rings is 1. The quantitative estimate of drug-likeness (QED) is 0.629. The zero-order chi connectivity index (χ0) is 19.6. The van der Waals surface area contributed by atoms with Crippen LogP contribution >= 0.6 is 0 Å². The van der Waals surface area contributed by atoms with Gasteiger partial charge in [-0.2, -0.15) is 0 Å². The fourth-order valence-corrected chi connectivity index (χ4v) is 3.85. The fourth-order valence-electron chi connectivity index (χ4n) is 3.85. The number of aromatic nitrogens is 3. The summed E-state index contributed by atoms with van der Waals surface area (Å²) < 4.78 is 7.46. The minimum Gasteiger partial charge on any atom is -0.347 e. The highest BCUT2D eigenvalue weighted by atomic mass is 16.5. The molecule has 1 aromatic carbocycles. The largest absolute Gasteiger partial charge is 0.347 e. The highest BCUT2D eigenvalue weighted by molar-refractivity contribution is 5.42. The minimum atomic E-state index is 0.593. The zero-order valence-corrected chi connectivity index (χ0v) is 16.8. The van der Waals surface area contributed by atoms with Gasteiger partial charge >= 0.3 is 0 Å². The van der Waals surface area contributed by atoms with E-state index in [0.717, 1.165) is 41.4 Å². The van der Waals surface area contributed by atoms with Gasteiger partial charge in [-0.1, -0.05) is 30.1 Å². The van der Waals surface area contributed by atoms with Crippen LogP contribution < -0.4 is 5.32 Å². The normalized spacial score (nSPS) is 20.3. The maximum atomic E-state index is 5.38. The van der Waals surface area contributed by atoms with Gasteiger partial charge in [-0.3, -0.25) is 0 Å². The molecule has 0 saturated heterocycles. The first-order chi connectivity index (χ1) is 14.3. The number of nitrogens with zero attached hydrogens (tertiary/aromatic N) is 3. The molecule has 2 aliphatic carbocycles. The van der Waals surface area contributed by atoms with Crippen LogP contribution in [0.5, 0.6) is 0 Å². The first-order valence-corrected chi connectivity index (χ1v) is 10.6. The van der Waals surface area contributed by atoms with Gasteiger partial charge in [0, 0.05) is 36.5 Å². The van der Waals surface area contributed by atoms with Gasteiger partial charge in [-0.05, 0) is 61.3 Å². The van der Waals surface area contributed by atoms with Crippen molar-refractivity contribution < 1.29 is 4.52 Å². The van der Waals surface area contributed by atoms with Gasteiger partial charge in [0.25, 0.3) is 0 Å². The van der Waals surface area contributed by atoms with Crippen molar-refractivity contribution in [3.05, 3.63) is 71.1 Å². The van der Waals surface area contributed by atoms with Crippen LogP contribution in [0.2, 0.25) is 0 Å². The van der Waals surface area contributed by atoms with E-state index in [4.69, 9.17) is 4.52 Å². The molecule has 0 radical (unpaired) electrons. The Kier molecular flexibility index (Phi) is 4.95. The second-order valence-electron chi connectivity index (χ2n) is 8.16. The van der Waals surface area contributed by atoms with E-state index >= 15 is 0 Å². The van der Waals surface area contributed by atoms with E-state index < -0.39 is 0 Å². The highest BCUT2D eigenvalue weighted by Crippen LogP contribution is 2.47. The number of benzene rings is 1. The molecule has 2 heterocycles. The van der Waals surface area contributed by atoms with Crippen LogP contribution in [0.1, 0.15) is 60.5 Å². The number of nitrogens with one attached hydrogen (secondary N) is 1. The summed E-state index contributed by atoms with van der Waals surface area (Å²) in [6.07, 6.45) is 8.71. The van der Waals surface area contributed by atoms with Crippen LogP contribution in [-0.4, -0.2) is 27.3 Å². The van der Waals surface area contributed by atoms with Gasteiger partial charge < -0.3 is 14.4 Å². The van der Waals surface area contributed by atoms with Gasteiger partial charge in [0.2, 0.25) is 5.76 Å². The Hall–Kier alpha value is -2.84. The third-order valence-corrected chi connectivity index (χ3v) is 5.85. The molecule has 0 amide bonds. The Labute approximate surface area is 171 Å². The van der Waals surface area contributed by atoms with Crippen LogP contribution in [0.4, 0.5) is 0 Å². The Morgan fingerprint density at radius 2 is 2.07 bits per heavy atom. The summed E-state index contributed by atoms with van der Waals surface area (Å²) >= 11 is 0. The Bertz CT molecular complexity index is 1030. The molecule has 5 rings (SSSR count). The maximum absolute atomic E-state index is 5.38. The molecule has 2 unspecified atom stereocenters. The van der Waals surface area contributed by atoms with Crippen LogP contribution in [0.25, 0.3) is 0 Å². The standard InChI is InChI=1S/C24H26N4O/c1-2-24-25-11-12-28(24)16-21-14-22(29-27-21)10-5-17-3-6-18(7-4-17)23-13-19(23)15-26-20-8-9-20/h3-4,6-7,11-12,14,19-20,23,26H,2,8-9,13,15-16H2,1H3. The van der Waals surface area contributed by atoms with E-state index in [1.165, 1.54) is 31.4 Å². The van der Waals surface area contributed by atoms with Gasteiger partial charge in [0.15, 0.2) is 0 Å². The Balaban J connectivity index is 1.18. The summed E-state index contributed by atoms with van der Waals surface area (Å²) in [6.45, 7) is 3.92. The first kappa shape index (κ1) is 18.2. The van der Waals surface area contributed by atoms with Crippen LogP contribution in [0, 0.1) is 17.8 Å². The van der Waals surface area contributed by atoms with Gasteiger partial charge in [-0.25, -0.2) is 4.98 Å². The Morgan fingerprint density at radius 1 is 1.21 bits per heavy atom. The van der Waals surface area contributed by atoms with Crippen molar-refractivity contribution >= 4 is 0 Å². The van der Waals surface area contributed by atoms with E-state index in [-0.39, 0.29) is 0 Å². The van der Waals surface area contributed by atoms with Crippen molar-refractivity contribution in [2.24, 2.45) is 5.92 Å². The summed E-state index contributed by atoms with van der Waals surface area (Å²) in [7, 11) is 0. The van der Waals surface area contributed by atoms with Crippen molar-refractivity contribution in [3.8, 4) is 11.8 Å². The molecule has 5 heteroatoms. The molecular formula is C24H26N4O. The summed E-state index contributed by atoms with van der Waals surface area (Å²) in [6, 6.07) is 11.4. The molecule has 2 fully saturated rings. The Morgan fingerprint density at radius 3 is 2.86 bits per heavy atom. The van der Waals surface area contributed by atoms with Crippen molar-refractivity contribution in [2.45, 2.75) is 51.1 Å². The molecule has 5 nitrogen and oxygen atoms in total. The molecule has 3 aromatic rings. The molecule has 148 valence electrons.